The van der Waals surface area contributed by atoms with Gasteiger partial charge in [-0.1, -0.05) is 89.6 Å². The summed E-state index contributed by atoms with van der Waals surface area (Å²) < 4.78 is 11.6. The van der Waals surface area contributed by atoms with Crippen molar-refractivity contribution in [2.45, 2.75) is 110 Å². The summed E-state index contributed by atoms with van der Waals surface area (Å²) in [5.74, 6) is 6.00. The molecule has 2 N–H and O–H groups in total. The minimum atomic E-state index is -1.91. The summed E-state index contributed by atoms with van der Waals surface area (Å²) in [6.07, 6.45) is 5.59. The molecule has 0 aromatic heterocycles. The topological polar surface area (TPSA) is 67.8 Å². The van der Waals surface area contributed by atoms with Crippen molar-refractivity contribution >= 4 is 14.4 Å². The van der Waals surface area contributed by atoms with Gasteiger partial charge in [-0.05, 0) is 36.5 Å². The summed E-state index contributed by atoms with van der Waals surface area (Å²) in [7, 11) is -1.91. The molecule has 0 fully saturated rings. The van der Waals surface area contributed by atoms with E-state index in [-0.39, 0.29) is 11.6 Å². The van der Waals surface area contributed by atoms with Crippen molar-refractivity contribution in [2.24, 2.45) is 0 Å². The zero-order chi connectivity index (χ0) is 24.7. The number of hydrogen-bond acceptors (Lipinski definition) is 4. The lowest BCUT2D eigenvalue weighted by molar-refractivity contribution is 0.113. The van der Waals surface area contributed by atoms with Crippen molar-refractivity contribution < 1.29 is 19.1 Å². The molecule has 6 heteroatoms. The monoisotopic (exact) mass is 475 g/mol. The van der Waals surface area contributed by atoms with Crippen LogP contribution in [0.25, 0.3) is 0 Å². The predicted octanol–water partition coefficient (Wildman–Crippen LogP) is 6.42. The van der Waals surface area contributed by atoms with Crippen LogP contribution in [0.2, 0.25) is 18.1 Å². The third-order valence-corrected chi connectivity index (χ3v) is 10.8. The minimum absolute atomic E-state index is 0.0980. The molecule has 1 aromatic carbocycles. The number of ether oxygens (including phenoxy) is 1. The average molecular weight is 476 g/mol. The third-order valence-electron chi connectivity index (χ3n) is 6.25. The Balaban J connectivity index is 2.65. The highest BCUT2D eigenvalue weighted by Gasteiger charge is 2.37. The number of carbonyl (C=O) groups is 1. The summed E-state index contributed by atoms with van der Waals surface area (Å²) in [5.41, 5.74) is 0.911. The molecule has 0 bridgehead atoms. The molecule has 2 atom stereocenters. The lowest BCUT2D eigenvalue weighted by Crippen LogP contribution is -2.46. The number of nitrogens with one attached hydrogen (secondary N) is 1. The molecule has 0 heterocycles. The van der Waals surface area contributed by atoms with Crippen molar-refractivity contribution in [3.05, 3.63) is 35.9 Å². The van der Waals surface area contributed by atoms with E-state index in [2.05, 4.69) is 57.9 Å². The first-order chi connectivity index (χ1) is 15.6. The van der Waals surface area contributed by atoms with Gasteiger partial charge in [-0.25, -0.2) is 4.79 Å². The Bertz CT molecular complexity index is 734. The van der Waals surface area contributed by atoms with E-state index in [0.717, 1.165) is 24.8 Å². The second-order valence-electron chi connectivity index (χ2n) is 10.1. The molecule has 0 saturated heterocycles. The summed E-state index contributed by atoms with van der Waals surface area (Å²) in [4.78, 5) is 12.4. The highest BCUT2D eigenvalue weighted by molar-refractivity contribution is 6.74. The fourth-order valence-corrected chi connectivity index (χ4v) is 4.04. The fourth-order valence-electron chi connectivity index (χ4n) is 2.98. The SMILES string of the molecule is CCCCCCCC#CC(O)[C@H](CCO[Si](C)(C)C(C)(C)C)NC(=O)OCc1ccccc1. The van der Waals surface area contributed by atoms with Crippen molar-refractivity contribution in [3.8, 4) is 11.8 Å². The van der Waals surface area contributed by atoms with E-state index >= 15 is 0 Å². The maximum absolute atomic E-state index is 12.4. The Morgan fingerprint density at radius 3 is 2.42 bits per heavy atom. The third kappa shape index (κ3) is 12.3. The van der Waals surface area contributed by atoms with E-state index in [1.165, 1.54) is 19.3 Å². The Labute approximate surface area is 202 Å². The van der Waals surface area contributed by atoms with Crippen LogP contribution in [0.5, 0.6) is 0 Å². The lowest BCUT2D eigenvalue weighted by atomic mass is 10.1. The number of aliphatic hydroxyl groups is 1. The summed E-state index contributed by atoms with van der Waals surface area (Å²) in [5, 5.41) is 13.6. The normalized spacial score (nSPS) is 13.5. The van der Waals surface area contributed by atoms with Gasteiger partial charge in [-0.3, -0.25) is 0 Å². The number of carbonyl (C=O) groups excluding carboxylic acids is 1. The number of amides is 1. The van der Waals surface area contributed by atoms with Crippen LogP contribution in [0.15, 0.2) is 30.3 Å². The number of aliphatic hydroxyl groups excluding tert-OH is 1. The molecule has 0 aliphatic rings. The van der Waals surface area contributed by atoms with Crippen LogP contribution in [-0.2, 0) is 15.8 Å². The van der Waals surface area contributed by atoms with Gasteiger partial charge in [0.1, 0.15) is 12.7 Å². The van der Waals surface area contributed by atoms with Crippen molar-refractivity contribution in [3.63, 3.8) is 0 Å². The largest absolute Gasteiger partial charge is 0.445 e. The molecule has 0 aliphatic carbocycles. The zero-order valence-electron chi connectivity index (χ0n) is 21.6. The van der Waals surface area contributed by atoms with Crippen molar-refractivity contribution in [1.29, 1.82) is 0 Å². The molecule has 1 amide bonds. The van der Waals surface area contributed by atoms with E-state index in [4.69, 9.17) is 9.16 Å². The summed E-state index contributed by atoms with van der Waals surface area (Å²) in [6, 6.07) is 8.97. The van der Waals surface area contributed by atoms with Crippen LogP contribution in [0, 0.1) is 11.8 Å². The molecule has 0 spiro atoms. The fraction of sp³-hybridized carbons (Fsp3) is 0.667. The van der Waals surface area contributed by atoms with Gasteiger partial charge in [-0.2, -0.15) is 0 Å². The second kappa shape index (κ2) is 15.2. The molecule has 0 aliphatic heterocycles. The maximum Gasteiger partial charge on any atom is 0.407 e. The number of unbranched alkanes of at least 4 members (excludes halogenated alkanes) is 5. The molecule has 1 rings (SSSR count). The number of benzene rings is 1. The van der Waals surface area contributed by atoms with E-state index in [1.807, 2.05) is 30.3 Å². The second-order valence-corrected chi connectivity index (χ2v) is 14.9. The lowest BCUT2D eigenvalue weighted by Gasteiger charge is -2.36. The van der Waals surface area contributed by atoms with Crippen molar-refractivity contribution in [2.75, 3.05) is 6.61 Å². The molecular weight excluding hydrogens is 430 g/mol. The highest BCUT2D eigenvalue weighted by Crippen LogP contribution is 2.36. The minimum Gasteiger partial charge on any atom is -0.445 e. The molecule has 1 aromatic rings. The number of alkyl carbamates (subject to hydrolysis) is 1. The molecule has 33 heavy (non-hydrogen) atoms. The first-order valence-electron chi connectivity index (χ1n) is 12.3. The van der Waals surface area contributed by atoms with Crippen LogP contribution < -0.4 is 5.32 Å². The van der Waals surface area contributed by atoms with Gasteiger partial charge in [0.25, 0.3) is 0 Å². The molecular formula is C27H45NO4Si. The quantitative estimate of drug-likeness (QED) is 0.196. The number of rotatable bonds is 13. The number of hydrogen-bond donors (Lipinski definition) is 2. The molecule has 5 nitrogen and oxygen atoms in total. The molecule has 0 saturated carbocycles. The van der Waals surface area contributed by atoms with Gasteiger partial charge in [0.05, 0.1) is 6.04 Å². The zero-order valence-corrected chi connectivity index (χ0v) is 22.6. The Kier molecular flexibility index (Phi) is 13.4. The first-order valence-corrected chi connectivity index (χ1v) is 15.2. The van der Waals surface area contributed by atoms with E-state index in [1.54, 1.807) is 0 Å². The van der Waals surface area contributed by atoms with Crippen LogP contribution in [0.3, 0.4) is 0 Å². The van der Waals surface area contributed by atoms with Gasteiger partial charge in [-0.15, -0.1) is 5.92 Å². The van der Waals surface area contributed by atoms with Gasteiger partial charge in [0.15, 0.2) is 8.32 Å². The Morgan fingerprint density at radius 2 is 1.79 bits per heavy atom. The van der Waals surface area contributed by atoms with Crippen LogP contribution in [0.1, 0.15) is 78.2 Å². The van der Waals surface area contributed by atoms with Crippen molar-refractivity contribution in [1.82, 2.24) is 5.32 Å². The van der Waals surface area contributed by atoms with E-state index in [0.29, 0.717) is 13.0 Å². The first kappa shape index (κ1) is 29.2. The molecule has 0 radical (unpaired) electrons. The maximum atomic E-state index is 12.4. The standard InChI is InChI=1S/C27H45NO4Si/c1-7-8-9-10-11-12-16-19-25(29)24(20-21-32-33(5,6)27(2,3)4)28-26(30)31-22-23-17-14-13-15-18-23/h13-15,17-18,24-25,29H,7-12,20-22H2,1-6H3,(H,28,30)/t24-,25?/m0/s1. The molecule has 186 valence electrons. The van der Waals surface area contributed by atoms with Crippen LogP contribution in [0.4, 0.5) is 4.79 Å². The Hall–Kier alpha value is -1.81. The predicted molar refractivity (Wildman–Crippen MR) is 138 cm³/mol. The summed E-state index contributed by atoms with van der Waals surface area (Å²) in [6.45, 7) is 13.8. The van der Waals surface area contributed by atoms with Gasteiger partial charge in [0, 0.05) is 13.0 Å². The smallest absolute Gasteiger partial charge is 0.407 e. The van der Waals surface area contributed by atoms with Crippen LogP contribution >= 0.6 is 0 Å². The van der Waals surface area contributed by atoms with Gasteiger partial charge >= 0.3 is 6.09 Å². The van der Waals surface area contributed by atoms with Gasteiger partial charge < -0.3 is 19.6 Å². The van der Waals surface area contributed by atoms with Gasteiger partial charge in [0.2, 0.25) is 0 Å². The highest BCUT2D eigenvalue weighted by atomic mass is 28.4. The van der Waals surface area contributed by atoms with E-state index in [9.17, 15) is 9.90 Å². The average Bonchev–Trinajstić information content (AvgIpc) is 2.76. The Morgan fingerprint density at radius 1 is 1.12 bits per heavy atom. The summed E-state index contributed by atoms with van der Waals surface area (Å²) >= 11 is 0. The molecule has 1 unspecified atom stereocenters. The van der Waals surface area contributed by atoms with E-state index < -0.39 is 26.6 Å². The van der Waals surface area contributed by atoms with Crippen LogP contribution in [-0.4, -0.2) is 38.3 Å².